The summed E-state index contributed by atoms with van der Waals surface area (Å²) in [5.41, 5.74) is 0.683. The zero-order valence-electron chi connectivity index (χ0n) is 11.9. The van der Waals surface area contributed by atoms with Crippen molar-refractivity contribution in [3.8, 4) is 0 Å². The molecular formula is C14H26N2Y-2. The summed E-state index contributed by atoms with van der Waals surface area (Å²) in [6.45, 7) is 11.2. The van der Waals surface area contributed by atoms with Crippen molar-refractivity contribution in [1.29, 1.82) is 0 Å². The fourth-order valence-corrected chi connectivity index (χ4v) is 2.37. The Labute approximate surface area is 132 Å². The van der Waals surface area contributed by atoms with E-state index in [1.165, 1.54) is 31.8 Å². The largest absolute Gasteiger partial charge is 0.813 e. The first kappa shape index (κ1) is 17.7. The number of piperidine rings is 1. The van der Waals surface area contributed by atoms with E-state index in [0.29, 0.717) is 17.7 Å². The van der Waals surface area contributed by atoms with E-state index in [0.717, 1.165) is 12.8 Å². The van der Waals surface area contributed by atoms with E-state index in [4.69, 9.17) is 0 Å². The first-order valence-electron chi connectivity index (χ1n) is 6.60. The fourth-order valence-electron chi connectivity index (χ4n) is 2.37. The number of nitrogens with zero attached hydrogens (tertiary/aromatic N) is 2. The second-order valence-corrected chi connectivity index (χ2v) is 5.72. The molecule has 1 rings (SSSR count). The normalized spacial score (nSPS) is 18.5. The first-order valence-corrected chi connectivity index (χ1v) is 6.60. The number of likely N-dealkylation sites (tertiary alicyclic amines) is 1. The van der Waals surface area contributed by atoms with Gasteiger partial charge in [-0.2, -0.15) is 19.3 Å². The van der Waals surface area contributed by atoms with Gasteiger partial charge in [0.1, 0.15) is 0 Å². The molecule has 0 aliphatic carbocycles. The van der Waals surface area contributed by atoms with Crippen molar-refractivity contribution < 1.29 is 32.7 Å². The summed E-state index contributed by atoms with van der Waals surface area (Å²) in [5, 5.41) is 9.83. The average molecular weight is 311 g/mol. The van der Waals surface area contributed by atoms with Gasteiger partial charge in [0.05, 0.1) is 0 Å². The third-order valence-electron chi connectivity index (χ3n) is 3.33. The van der Waals surface area contributed by atoms with E-state index in [-0.39, 0.29) is 32.7 Å². The van der Waals surface area contributed by atoms with Crippen LogP contribution in [0.5, 0.6) is 0 Å². The molecule has 97 valence electrons. The Hall–Kier alpha value is 0.734. The van der Waals surface area contributed by atoms with E-state index >= 15 is 0 Å². The molecule has 2 nitrogen and oxygen atoms in total. The molecule has 0 unspecified atom stereocenters. The fraction of sp³-hybridized carbons (Fsp3) is 0.857. The van der Waals surface area contributed by atoms with Crippen LogP contribution in [0.25, 0.3) is 5.41 Å². The van der Waals surface area contributed by atoms with Gasteiger partial charge in [0.25, 0.3) is 0 Å². The van der Waals surface area contributed by atoms with Crippen LogP contribution in [0.1, 0.15) is 53.4 Å². The Kier molecular flexibility index (Phi) is 9.15. The molecule has 0 saturated carbocycles. The minimum atomic E-state index is 0. The van der Waals surface area contributed by atoms with Crippen molar-refractivity contribution in [3.05, 3.63) is 11.3 Å². The van der Waals surface area contributed by atoms with Gasteiger partial charge in [0.2, 0.25) is 0 Å². The van der Waals surface area contributed by atoms with Crippen LogP contribution >= 0.6 is 0 Å². The molecule has 1 saturated heterocycles. The van der Waals surface area contributed by atoms with Crippen LogP contribution in [0.15, 0.2) is 0 Å². The van der Waals surface area contributed by atoms with Crippen molar-refractivity contribution in [2.24, 2.45) is 5.92 Å². The summed E-state index contributed by atoms with van der Waals surface area (Å²) in [4.78, 5) is 2.52. The third kappa shape index (κ3) is 7.03. The maximum absolute atomic E-state index is 9.83. The summed E-state index contributed by atoms with van der Waals surface area (Å²) in [6, 6.07) is 0.662. The van der Waals surface area contributed by atoms with Gasteiger partial charge in [-0.1, -0.05) is 20.3 Å². The zero-order valence-corrected chi connectivity index (χ0v) is 14.7. The minimum Gasteiger partial charge on any atom is -0.813 e. The maximum atomic E-state index is 9.83. The van der Waals surface area contributed by atoms with Crippen molar-refractivity contribution >= 4 is 5.71 Å². The molecule has 0 spiro atoms. The van der Waals surface area contributed by atoms with Gasteiger partial charge in [-0.15, -0.1) is 0 Å². The summed E-state index contributed by atoms with van der Waals surface area (Å²) in [7, 11) is 0. The quantitative estimate of drug-likeness (QED) is 0.563. The predicted molar refractivity (Wildman–Crippen MR) is 71.6 cm³/mol. The standard InChI is InChI=1S/C14H26N2.Y/c1-11(2)9-14(15)10-13-5-7-16(8-6-13)12(3)4;/h11-12H,5-10H2,1-4H3;/q-2;. The monoisotopic (exact) mass is 311 g/mol. The third-order valence-corrected chi connectivity index (χ3v) is 3.33. The summed E-state index contributed by atoms with van der Waals surface area (Å²) < 4.78 is 0. The molecule has 0 aromatic carbocycles. The Morgan fingerprint density at radius 2 is 1.71 bits per heavy atom. The zero-order chi connectivity index (χ0) is 12.1. The predicted octanol–water partition coefficient (Wildman–Crippen LogP) is 3.51. The van der Waals surface area contributed by atoms with E-state index < -0.39 is 0 Å². The smallest absolute Gasteiger partial charge is 0.00364 e. The average Bonchev–Trinajstić information content (AvgIpc) is 2.16. The van der Waals surface area contributed by atoms with Crippen LogP contribution in [0.4, 0.5) is 0 Å². The van der Waals surface area contributed by atoms with E-state index in [9.17, 15) is 5.41 Å². The van der Waals surface area contributed by atoms with Gasteiger partial charge in [-0.25, -0.2) is 5.71 Å². The van der Waals surface area contributed by atoms with E-state index in [1.54, 1.807) is 0 Å². The molecule has 1 heterocycles. The van der Waals surface area contributed by atoms with Crippen LogP contribution in [0, 0.1) is 11.8 Å². The van der Waals surface area contributed by atoms with Crippen molar-refractivity contribution in [2.45, 2.75) is 59.4 Å². The van der Waals surface area contributed by atoms with Crippen LogP contribution in [0.3, 0.4) is 0 Å². The Morgan fingerprint density at radius 1 is 1.18 bits per heavy atom. The molecule has 0 aromatic heterocycles. The van der Waals surface area contributed by atoms with Crippen molar-refractivity contribution in [2.75, 3.05) is 13.1 Å². The van der Waals surface area contributed by atoms with E-state index in [2.05, 4.69) is 32.6 Å². The van der Waals surface area contributed by atoms with Gasteiger partial charge in [-0.05, 0) is 32.9 Å². The molecule has 1 radical (unpaired) electrons. The van der Waals surface area contributed by atoms with Crippen LogP contribution < -0.4 is 0 Å². The summed E-state index contributed by atoms with van der Waals surface area (Å²) in [5.74, 6) is 2.10. The molecular weight excluding hydrogens is 285 g/mol. The van der Waals surface area contributed by atoms with E-state index in [1.807, 2.05) is 0 Å². The minimum absolute atomic E-state index is 0. The molecule has 0 amide bonds. The molecule has 1 aliphatic rings. The SMILES string of the molecule is CC(C)CC(=[N-])C[C-]1CCN(C(C)C)CC1.[Y]. The molecule has 1 aliphatic heterocycles. The second-order valence-electron chi connectivity index (χ2n) is 5.72. The number of hydrogen-bond donors (Lipinski definition) is 0. The molecule has 1 fully saturated rings. The van der Waals surface area contributed by atoms with Crippen molar-refractivity contribution in [1.82, 2.24) is 4.90 Å². The topological polar surface area (TPSA) is 25.5 Å². The number of rotatable bonds is 5. The molecule has 0 bridgehead atoms. The van der Waals surface area contributed by atoms with Gasteiger partial charge in [-0.3, -0.25) is 0 Å². The summed E-state index contributed by atoms with van der Waals surface area (Å²) in [6.07, 6.45) is 4.04. The van der Waals surface area contributed by atoms with Crippen LogP contribution in [-0.4, -0.2) is 29.7 Å². The van der Waals surface area contributed by atoms with Crippen molar-refractivity contribution in [3.63, 3.8) is 0 Å². The molecule has 0 aromatic rings. The number of hydrogen-bond acceptors (Lipinski definition) is 1. The summed E-state index contributed by atoms with van der Waals surface area (Å²) >= 11 is 0. The molecule has 3 heteroatoms. The molecule has 0 atom stereocenters. The Bertz CT molecular complexity index is 218. The molecule has 17 heavy (non-hydrogen) atoms. The van der Waals surface area contributed by atoms with Gasteiger partial charge >= 0.3 is 0 Å². The van der Waals surface area contributed by atoms with Gasteiger partial charge in [0, 0.05) is 38.8 Å². The van der Waals surface area contributed by atoms with Crippen LogP contribution in [-0.2, 0) is 32.7 Å². The maximum Gasteiger partial charge on any atom is 0.00364 e. The second kappa shape index (κ2) is 8.77. The first-order chi connectivity index (χ1) is 7.49. The Balaban J connectivity index is 0.00000256. The van der Waals surface area contributed by atoms with Gasteiger partial charge < -0.3 is 16.2 Å². The van der Waals surface area contributed by atoms with Crippen LogP contribution in [0.2, 0.25) is 0 Å². The molecule has 0 N–H and O–H groups in total. The van der Waals surface area contributed by atoms with Gasteiger partial charge in [0.15, 0.2) is 0 Å². The Morgan fingerprint density at radius 3 is 2.12 bits per heavy atom.